The van der Waals surface area contributed by atoms with Gasteiger partial charge in [0, 0.05) is 0 Å². The zero-order chi connectivity index (χ0) is 14.6. The number of hydrogen-bond donors (Lipinski definition) is 1. The molecule has 0 aliphatic carbocycles. The first-order chi connectivity index (χ1) is 8.72. The van der Waals surface area contributed by atoms with Crippen LogP contribution in [-0.2, 0) is 4.74 Å². The molecular formula is C13H20N2O4. The Balaban J connectivity index is 2.74. The van der Waals surface area contributed by atoms with Crippen molar-refractivity contribution in [3.63, 3.8) is 0 Å². The fraction of sp³-hybridized carbons (Fsp3) is 0.615. The minimum absolute atomic E-state index is 0.0353. The minimum Gasteiger partial charge on any atom is -0.477 e. The second-order valence-electron chi connectivity index (χ2n) is 5.21. The number of aryl methyl sites for hydroxylation is 1. The number of ether oxygens (including phenoxy) is 2. The van der Waals surface area contributed by atoms with Crippen LogP contribution in [0.15, 0.2) is 0 Å². The van der Waals surface area contributed by atoms with E-state index in [9.17, 15) is 9.90 Å². The summed E-state index contributed by atoms with van der Waals surface area (Å²) in [6, 6.07) is 0. The lowest BCUT2D eigenvalue weighted by Crippen LogP contribution is -2.23. The second kappa shape index (κ2) is 5.97. The van der Waals surface area contributed by atoms with Crippen molar-refractivity contribution >= 4 is 5.97 Å². The first-order valence-electron chi connectivity index (χ1n) is 6.06. The molecule has 1 rings (SSSR count). The van der Waals surface area contributed by atoms with Crippen LogP contribution in [0.4, 0.5) is 0 Å². The number of carboxylic acid groups (broad SMARTS) is 1. The number of aromatic carboxylic acids is 1. The highest BCUT2D eigenvalue weighted by atomic mass is 16.5. The van der Waals surface area contributed by atoms with E-state index in [1.54, 1.807) is 13.8 Å². The van der Waals surface area contributed by atoms with Crippen molar-refractivity contribution in [3.8, 4) is 5.88 Å². The molecule has 6 nitrogen and oxygen atoms in total. The van der Waals surface area contributed by atoms with Gasteiger partial charge in [0.05, 0.1) is 17.9 Å². The van der Waals surface area contributed by atoms with Crippen molar-refractivity contribution in [1.82, 2.24) is 10.2 Å². The summed E-state index contributed by atoms with van der Waals surface area (Å²) in [6.45, 7) is 9.79. The van der Waals surface area contributed by atoms with E-state index in [-0.39, 0.29) is 23.7 Å². The zero-order valence-electron chi connectivity index (χ0n) is 12.0. The average Bonchev–Trinajstić information content (AvgIpc) is 2.27. The Hall–Kier alpha value is -1.69. The quantitative estimate of drug-likeness (QED) is 0.822. The average molecular weight is 268 g/mol. The SMILES string of the molecule is Cc1nnc(OCCOC(C)(C)C)c(C(=O)O)c1C. The fourth-order valence-corrected chi connectivity index (χ4v) is 1.43. The van der Waals surface area contributed by atoms with Crippen molar-refractivity contribution in [2.24, 2.45) is 0 Å². The molecule has 0 fully saturated rings. The molecule has 0 atom stereocenters. The summed E-state index contributed by atoms with van der Waals surface area (Å²) in [7, 11) is 0. The molecule has 1 aromatic rings. The van der Waals surface area contributed by atoms with Gasteiger partial charge in [0.25, 0.3) is 0 Å². The zero-order valence-corrected chi connectivity index (χ0v) is 12.0. The largest absolute Gasteiger partial charge is 0.477 e. The highest BCUT2D eigenvalue weighted by Gasteiger charge is 2.19. The van der Waals surface area contributed by atoms with Gasteiger partial charge in [0.2, 0.25) is 5.88 Å². The Morgan fingerprint density at radius 3 is 2.37 bits per heavy atom. The molecule has 0 spiro atoms. The Labute approximate surface area is 112 Å². The summed E-state index contributed by atoms with van der Waals surface area (Å²) in [5.41, 5.74) is 0.946. The monoisotopic (exact) mass is 268 g/mol. The molecular weight excluding hydrogens is 248 g/mol. The van der Waals surface area contributed by atoms with Crippen molar-refractivity contribution in [2.45, 2.75) is 40.2 Å². The van der Waals surface area contributed by atoms with Crippen LogP contribution in [0.5, 0.6) is 5.88 Å². The van der Waals surface area contributed by atoms with E-state index in [0.717, 1.165) is 0 Å². The maximum atomic E-state index is 11.2. The molecule has 1 heterocycles. The summed E-state index contributed by atoms with van der Waals surface area (Å²) in [4.78, 5) is 11.2. The van der Waals surface area contributed by atoms with Gasteiger partial charge in [-0.15, -0.1) is 5.10 Å². The predicted octanol–water partition coefficient (Wildman–Crippen LogP) is 1.99. The summed E-state index contributed by atoms with van der Waals surface area (Å²) in [5, 5.41) is 16.8. The third-order valence-corrected chi connectivity index (χ3v) is 2.49. The third-order valence-electron chi connectivity index (χ3n) is 2.49. The van der Waals surface area contributed by atoms with E-state index in [1.807, 2.05) is 20.8 Å². The molecule has 0 aliphatic heterocycles. The van der Waals surface area contributed by atoms with E-state index >= 15 is 0 Å². The normalized spacial score (nSPS) is 11.4. The Bertz CT molecular complexity index is 466. The van der Waals surface area contributed by atoms with Gasteiger partial charge in [-0.1, -0.05) is 0 Å². The molecule has 0 saturated carbocycles. The van der Waals surface area contributed by atoms with Crippen LogP contribution in [0.1, 0.15) is 42.4 Å². The molecule has 106 valence electrons. The molecule has 1 aromatic heterocycles. The van der Waals surface area contributed by atoms with E-state index < -0.39 is 5.97 Å². The van der Waals surface area contributed by atoms with Gasteiger partial charge in [0.15, 0.2) is 0 Å². The number of nitrogens with zero attached hydrogens (tertiary/aromatic N) is 2. The van der Waals surface area contributed by atoms with Crippen molar-refractivity contribution < 1.29 is 19.4 Å². The topological polar surface area (TPSA) is 81.5 Å². The molecule has 0 aliphatic rings. The summed E-state index contributed by atoms with van der Waals surface area (Å²) in [6.07, 6.45) is 0. The van der Waals surface area contributed by atoms with E-state index in [1.165, 1.54) is 0 Å². The lowest BCUT2D eigenvalue weighted by molar-refractivity contribution is -0.0171. The molecule has 1 N–H and O–H groups in total. The lowest BCUT2D eigenvalue weighted by atomic mass is 10.1. The molecule has 0 unspecified atom stereocenters. The van der Waals surface area contributed by atoms with Crippen LogP contribution < -0.4 is 4.74 Å². The van der Waals surface area contributed by atoms with Crippen LogP contribution in [0.2, 0.25) is 0 Å². The predicted molar refractivity (Wildman–Crippen MR) is 69.7 cm³/mol. The summed E-state index contributed by atoms with van der Waals surface area (Å²) in [5.74, 6) is -1.03. The Kier molecular flexibility index (Phi) is 4.83. The first-order valence-corrected chi connectivity index (χ1v) is 6.06. The molecule has 0 amide bonds. The highest BCUT2D eigenvalue weighted by molar-refractivity contribution is 5.91. The van der Waals surface area contributed by atoms with Crippen molar-refractivity contribution in [1.29, 1.82) is 0 Å². The molecule has 0 saturated heterocycles. The van der Waals surface area contributed by atoms with Crippen LogP contribution in [0.25, 0.3) is 0 Å². The molecule has 19 heavy (non-hydrogen) atoms. The standard InChI is InChI=1S/C13H20N2O4/c1-8-9(2)14-15-11(10(8)12(16)17)18-6-7-19-13(3,4)5/h6-7H2,1-5H3,(H,16,17). The molecule has 0 radical (unpaired) electrons. The van der Waals surface area contributed by atoms with E-state index in [0.29, 0.717) is 17.9 Å². The molecule has 0 aromatic carbocycles. The number of carboxylic acids is 1. The maximum absolute atomic E-state index is 11.2. The van der Waals surface area contributed by atoms with Gasteiger partial charge in [-0.3, -0.25) is 0 Å². The number of aromatic nitrogens is 2. The highest BCUT2D eigenvalue weighted by Crippen LogP contribution is 2.20. The van der Waals surface area contributed by atoms with Crippen LogP contribution >= 0.6 is 0 Å². The molecule has 0 bridgehead atoms. The number of hydrogen-bond acceptors (Lipinski definition) is 5. The van der Waals surface area contributed by atoms with E-state index in [2.05, 4.69) is 10.2 Å². The Morgan fingerprint density at radius 2 is 1.84 bits per heavy atom. The maximum Gasteiger partial charge on any atom is 0.341 e. The van der Waals surface area contributed by atoms with Gasteiger partial charge in [-0.2, -0.15) is 5.10 Å². The molecule has 6 heteroatoms. The second-order valence-corrected chi connectivity index (χ2v) is 5.21. The van der Waals surface area contributed by atoms with Crippen molar-refractivity contribution in [3.05, 3.63) is 16.8 Å². The van der Waals surface area contributed by atoms with E-state index in [4.69, 9.17) is 9.47 Å². The van der Waals surface area contributed by atoms with Crippen LogP contribution in [0, 0.1) is 13.8 Å². The van der Waals surface area contributed by atoms with Crippen molar-refractivity contribution in [2.75, 3.05) is 13.2 Å². The number of rotatable bonds is 5. The lowest BCUT2D eigenvalue weighted by Gasteiger charge is -2.19. The van der Waals surface area contributed by atoms with Gasteiger partial charge < -0.3 is 14.6 Å². The van der Waals surface area contributed by atoms with Gasteiger partial charge in [0.1, 0.15) is 12.2 Å². The van der Waals surface area contributed by atoms with Gasteiger partial charge in [-0.05, 0) is 40.2 Å². The Morgan fingerprint density at radius 1 is 1.21 bits per heavy atom. The minimum atomic E-state index is -1.07. The van der Waals surface area contributed by atoms with Crippen LogP contribution in [0.3, 0.4) is 0 Å². The third kappa shape index (κ3) is 4.48. The summed E-state index contributed by atoms with van der Waals surface area (Å²) >= 11 is 0. The van der Waals surface area contributed by atoms with Gasteiger partial charge >= 0.3 is 5.97 Å². The number of carbonyl (C=O) groups is 1. The fourth-order valence-electron chi connectivity index (χ4n) is 1.43. The first kappa shape index (κ1) is 15.4. The summed E-state index contributed by atoms with van der Waals surface area (Å²) < 4.78 is 10.8. The smallest absolute Gasteiger partial charge is 0.341 e. The van der Waals surface area contributed by atoms with Crippen LogP contribution in [-0.4, -0.2) is 40.1 Å². The van der Waals surface area contributed by atoms with Gasteiger partial charge in [-0.25, -0.2) is 4.79 Å².